The van der Waals surface area contributed by atoms with Crippen molar-refractivity contribution in [3.8, 4) is 0 Å². The molecule has 1 heterocycles. The standard InChI is InChI=1S/C10H13FN2O2S.ClH/c11-9-6-8(7-12)2-3-10(9)13-4-1-5-16(13,14)15;/h2-3,6H,1,4-5,7,12H2;1H. The molecule has 1 aromatic carbocycles. The Hall–Kier alpha value is -0.850. The lowest BCUT2D eigenvalue weighted by Crippen LogP contribution is -2.26. The van der Waals surface area contributed by atoms with Crippen molar-refractivity contribution < 1.29 is 12.8 Å². The Kier molecular flexibility index (Phi) is 4.35. The summed E-state index contributed by atoms with van der Waals surface area (Å²) in [5.41, 5.74) is 6.15. The van der Waals surface area contributed by atoms with Crippen LogP contribution >= 0.6 is 12.4 Å². The van der Waals surface area contributed by atoms with Crippen LogP contribution in [-0.2, 0) is 16.6 Å². The van der Waals surface area contributed by atoms with Crippen LogP contribution in [-0.4, -0.2) is 20.7 Å². The number of rotatable bonds is 2. The second-order valence-corrected chi connectivity index (χ2v) is 5.74. The van der Waals surface area contributed by atoms with Gasteiger partial charge in [-0.2, -0.15) is 0 Å². The van der Waals surface area contributed by atoms with Gasteiger partial charge in [0.1, 0.15) is 5.82 Å². The van der Waals surface area contributed by atoms with Crippen LogP contribution < -0.4 is 10.0 Å². The Bertz CT molecular complexity index is 507. The second-order valence-electron chi connectivity index (χ2n) is 3.73. The number of halogens is 2. The van der Waals surface area contributed by atoms with E-state index < -0.39 is 15.8 Å². The van der Waals surface area contributed by atoms with Gasteiger partial charge in [0.15, 0.2) is 0 Å². The third-order valence-electron chi connectivity index (χ3n) is 2.62. The van der Waals surface area contributed by atoms with E-state index in [-0.39, 0.29) is 30.4 Å². The van der Waals surface area contributed by atoms with Crippen molar-refractivity contribution in [1.82, 2.24) is 0 Å². The second kappa shape index (κ2) is 5.20. The number of hydrogen-bond acceptors (Lipinski definition) is 3. The fourth-order valence-electron chi connectivity index (χ4n) is 1.79. The van der Waals surface area contributed by atoms with Crippen molar-refractivity contribution in [3.05, 3.63) is 29.6 Å². The maximum Gasteiger partial charge on any atom is 0.235 e. The minimum Gasteiger partial charge on any atom is -0.326 e. The average Bonchev–Trinajstić information content (AvgIpc) is 2.58. The van der Waals surface area contributed by atoms with E-state index in [0.717, 1.165) is 4.31 Å². The third kappa shape index (κ3) is 2.70. The largest absolute Gasteiger partial charge is 0.326 e. The molecule has 1 aromatic rings. The lowest BCUT2D eigenvalue weighted by molar-refractivity contribution is 0.594. The van der Waals surface area contributed by atoms with Crippen molar-refractivity contribution in [2.24, 2.45) is 5.73 Å². The molecule has 2 N–H and O–H groups in total. The molecule has 1 fully saturated rings. The SMILES string of the molecule is Cl.NCc1ccc(N2CCCS2(=O)=O)c(F)c1. The number of sulfonamides is 1. The number of benzene rings is 1. The normalized spacial score (nSPS) is 17.9. The molecule has 0 aromatic heterocycles. The van der Waals surface area contributed by atoms with Gasteiger partial charge in [-0.15, -0.1) is 12.4 Å². The smallest absolute Gasteiger partial charge is 0.235 e. The number of nitrogens with zero attached hydrogens (tertiary/aromatic N) is 1. The molecule has 7 heteroatoms. The Morgan fingerprint density at radius 1 is 1.41 bits per heavy atom. The van der Waals surface area contributed by atoms with Crippen LogP contribution in [0.25, 0.3) is 0 Å². The lowest BCUT2D eigenvalue weighted by Gasteiger charge is -2.17. The summed E-state index contributed by atoms with van der Waals surface area (Å²) in [5.74, 6) is -0.445. The summed E-state index contributed by atoms with van der Waals surface area (Å²) in [7, 11) is -3.32. The predicted octanol–water partition coefficient (Wildman–Crippen LogP) is 1.25. The minimum absolute atomic E-state index is 0. The maximum atomic E-state index is 13.7. The van der Waals surface area contributed by atoms with Crippen molar-refractivity contribution in [3.63, 3.8) is 0 Å². The van der Waals surface area contributed by atoms with E-state index in [1.165, 1.54) is 12.1 Å². The summed E-state index contributed by atoms with van der Waals surface area (Å²) in [4.78, 5) is 0. The molecule has 1 saturated heterocycles. The fourth-order valence-corrected chi connectivity index (χ4v) is 3.36. The summed E-state index contributed by atoms with van der Waals surface area (Å²) < 4.78 is 38.0. The molecule has 96 valence electrons. The molecule has 0 saturated carbocycles. The Balaban J connectivity index is 0.00000144. The average molecular weight is 281 g/mol. The van der Waals surface area contributed by atoms with E-state index in [1.54, 1.807) is 6.07 Å². The number of anilines is 1. The van der Waals surface area contributed by atoms with Crippen LogP contribution in [0.3, 0.4) is 0 Å². The summed E-state index contributed by atoms with van der Waals surface area (Å²) in [6.07, 6.45) is 0.542. The van der Waals surface area contributed by atoms with Gasteiger partial charge in [0.05, 0.1) is 11.4 Å². The van der Waals surface area contributed by atoms with Crippen molar-refractivity contribution >= 4 is 28.1 Å². The quantitative estimate of drug-likeness (QED) is 0.887. The Morgan fingerprint density at radius 3 is 2.59 bits per heavy atom. The highest BCUT2D eigenvalue weighted by atomic mass is 35.5. The molecule has 0 atom stereocenters. The summed E-state index contributed by atoms with van der Waals surface area (Å²) in [5, 5.41) is 0. The molecule has 0 aliphatic carbocycles. The minimum atomic E-state index is -3.32. The van der Waals surface area contributed by atoms with Crippen LogP contribution in [0.4, 0.5) is 10.1 Å². The fraction of sp³-hybridized carbons (Fsp3) is 0.400. The zero-order valence-electron chi connectivity index (χ0n) is 9.10. The van der Waals surface area contributed by atoms with Crippen molar-refractivity contribution in [2.45, 2.75) is 13.0 Å². The van der Waals surface area contributed by atoms with Crippen LogP contribution in [0.1, 0.15) is 12.0 Å². The first-order valence-corrected chi connectivity index (χ1v) is 6.64. The molecular weight excluding hydrogens is 267 g/mol. The van der Waals surface area contributed by atoms with Crippen LogP contribution in [0.5, 0.6) is 0 Å². The third-order valence-corrected chi connectivity index (χ3v) is 4.47. The van der Waals surface area contributed by atoms with Gasteiger partial charge in [0.25, 0.3) is 0 Å². The molecule has 0 radical (unpaired) electrons. The highest BCUT2D eigenvalue weighted by Crippen LogP contribution is 2.27. The van der Waals surface area contributed by atoms with Crippen LogP contribution in [0.15, 0.2) is 18.2 Å². The zero-order valence-corrected chi connectivity index (χ0v) is 10.7. The molecule has 0 unspecified atom stereocenters. The van der Waals surface area contributed by atoms with Gasteiger partial charge in [0.2, 0.25) is 10.0 Å². The van der Waals surface area contributed by atoms with Crippen LogP contribution in [0, 0.1) is 5.82 Å². The molecule has 0 spiro atoms. The van der Waals surface area contributed by atoms with Gasteiger partial charge < -0.3 is 5.73 Å². The highest BCUT2D eigenvalue weighted by Gasteiger charge is 2.30. The van der Waals surface area contributed by atoms with Gasteiger partial charge >= 0.3 is 0 Å². The maximum absolute atomic E-state index is 13.7. The highest BCUT2D eigenvalue weighted by molar-refractivity contribution is 7.93. The number of hydrogen-bond donors (Lipinski definition) is 1. The number of nitrogens with two attached hydrogens (primary N) is 1. The van der Waals surface area contributed by atoms with Gasteiger partial charge in [-0.25, -0.2) is 12.8 Å². The van der Waals surface area contributed by atoms with Crippen molar-refractivity contribution in [2.75, 3.05) is 16.6 Å². The summed E-state index contributed by atoms with van der Waals surface area (Å²) in [6, 6.07) is 4.40. The van der Waals surface area contributed by atoms with Gasteiger partial charge in [-0.05, 0) is 24.1 Å². The van der Waals surface area contributed by atoms with Crippen LogP contribution in [0.2, 0.25) is 0 Å². The molecule has 0 bridgehead atoms. The molecule has 17 heavy (non-hydrogen) atoms. The monoisotopic (exact) mass is 280 g/mol. The Labute approximate surface area is 106 Å². The van der Waals surface area contributed by atoms with E-state index in [1.807, 2.05) is 0 Å². The van der Waals surface area contributed by atoms with Gasteiger partial charge in [-0.1, -0.05) is 6.07 Å². The van der Waals surface area contributed by atoms with E-state index in [2.05, 4.69) is 0 Å². The zero-order chi connectivity index (χ0) is 11.8. The lowest BCUT2D eigenvalue weighted by atomic mass is 10.2. The molecule has 1 aliphatic rings. The predicted molar refractivity (Wildman–Crippen MR) is 67.3 cm³/mol. The first kappa shape index (κ1) is 14.2. The van der Waals surface area contributed by atoms with Gasteiger partial charge in [-0.3, -0.25) is 4.31 Å². The van der Waals surface area contributed by atoms with E-state index >= 15 is 0 Å². The topological polar surface area (TPSA) is 63.4 Å². The summed E-state index contributed by atoms with van der Waals surface area (Å²) >= 11 is 0. The molecular formula is C10H14ClFN2O2S. The molecule has 0 amide bonds. The van der Waals surface area contributed by atoms with Crippen molar-refractivity contribution in [1.29, 1.82) is 0 Å². The first-order chi connectivity index (χ1) is 7.54. The molecule has 1 aliphatic heterocycles. The van der Waals surface area contributed by atoms with E-state index in [0.29, 0.717) is 18.5 Å². The van der Waals surface area contributed by atoms with Gasteiger partial charge in [0, 0.05) is 13.1 Å². The summed E-state index contributed by atoms with van der Waals surface area (Å²) in [6.45, 7) is 0.588. The Morgan fingerprint density at radius 2 is 2.12 bits per heavy atom. The van der Waals surface area contributed by atoms with E-state index in [9.17, 15) is 12.8 Å². The molecule has 2 rings (SSSR count). The molecule has 4 nitrogen and oxygen atoms in total. The first-order valence-electron chi connectivity index (χ1n) is 5.03. The van der Waals surface area contributed by atoms with E-state index in [4.69, 9.17) is 5.73 Å².